The summed E-state index contributed by atoms with van der Waals surface area (Å²) in [5, 5.41) is 3.85. The summed E-state index contributed by atoms with van der Waals surface area (Å²) < 4.78 is 4.78. The zero-order valence-corrected chi connectivity index (χ0v) is 13.9. The highest BCUT2D eigenvalue weighted by Crippen LogP contribution is 2.18. The van der Waals surface area contributed by atoms with Gasteiger partial charge < -0.3 is 20.0 Å². The number of imidazole rings is 1. The number of nitrogens with one attached hydrogen (secondary N) is 3. The number of ether oxygens (including phenoxy) is 1. The molecule has 0 aliphatic carbocycles. The lowest BCUT2D eigenvalue weighted by molar-refractivity contribution is -0.145. The van der Waals surface area contributed by atoms with Crippen LogP contribution in [0.15, 0.2) is 43.0 Å². The van der Waals surface area contributed by atoms with Crippen LogP contribution in [0.1, 0.15) is 17.7 Å². The van der Waals surface area contributed by atoms with Crippen molar-refractivity contribution in [2.75, 3.05) is 7.11 Å². The first-order valence-corrected chi connectivity index (χ1v) is 8.07. The van der Waals surface area contributed by atoms with E-state index in [0.29, 0.717) is 12.8 Å². The first-order valence-electron chi connectivity index (χ1n) is 8.07. The lowest BCUT2D eigenvalue weighted by Crippen LogP contribution is -2.43. The number of aromatic amines is 2. The summed E-state index contributed by atoms with van der Waals surface area (Å²) in [6.45, 7) is 0. The van der Waals surface area contributed by atoms with Gasteiger partial charge in [-0.05, 0) is 18.1 Å². The molecule has 1 amide bonds. The molecule has 1 aromatic carbocycles. The molecule has 0 radical (unpaired) electrons. The van der Waals surface area contributed by atoms with Crippen molar-refractivity contribution in [3.63, 3.8) is 0 Å². The number of amides is 1. The van der Waals surface area contributed by atoms with Gasteiger partial charge in [-0.1, -0.05) is 18.2 Å². The van der Waals surface area contributed by atoms with Crippen LogP contribution in [0.3, 0.4) is 0 Å². The van der Waals surface area contributed by atoms with Crippen LogP contribution in [0.5, 0.6) is 0 Å². The highest BCUT2D eigenvalue weighted by atomic mass is 16.5. The van der Waals surface area contributed by atoms with E-state index in [1.54, 1.807) is 6.20 Å². The van der Waals surface area contributed by atoms with E-state index < -0.39 is 12.0 Å². The lowest BCUT2D eigenvalue weighted by Gasteiger charge is -2.15. The van der Waals surface area contributed by atoms with Crippen LogP contribution in [0, 0.1) is 0 Å². The first kappa shape index (κ1) is 16.8. The van der Waals surface area contributed by atoms with Crippen LogP contribution in [0.2, 0.25) is 0 Å². The molecule has 2 heterocycles. The number of aromatic nitrogens is 3. The van der Waals surface area contributed by atoms with Gasteiger partial charge in [0, 0.05) is 41.8 Å². The van der Waals surface area contributed by atoms with Crippen LogP contribution >= 0.6 is 0 Å². The van der Waals surface area contributed by atoms with Gasteiger partial charge in [0.1, 0.15) is 6.04 Å². The predicted octanol–water partition coefficient (Wildman–Crippen LogP) is 1.72. The molecular weight excluding hydrogens is 320 g/mol. The number of benzene rings is 1. The van der Waals surface area contributed by atoms with E-state index in [4.69, 9.17) is 4.74 Å². The number of para-hydroxylation sites is 1. The molecule has 130 valence electrons. The minimum atomic E-state index is -0.735. The predicted molar refractivity (Wildman–Crippen MR) is 92.9 cm³/mol. The van der Waals surface area contributed by atoms with Crippen molar-refractivity contribution < 1.29 is 14.3 Å². The van der Waals surface area contributed by atoms with Gasteiger partial charge in [0.25, 0.3) is 0 Å². The molecule has 25 heavy (non-hydrogen) atoms. The Labute approximate surface area is 144 Å². The van der Waals surface area contributed by atoms with Crippen LogP contribution in [-0.4, -0.2) is 40.0 Å². The maximum atomic E-state index is 12.3. The van der Waals surface area contributed by atoms with Gasteiger partial charge in [-0.15, -0.1) is 0 Å². The van der Waals surface area contributed by atoms with Crippen LogP contribution in [0.4, 0.5) is 0 Å². The third-order valence-electron chi connectivity index (χ3n) is 4.10. The molecule has 1 atom stereocenters. The Hall–Kier alpha value is -3.09. The van der Waals surface area contributed by atoms with Crippen molar-refractivity contribution in [2.45, 2.75) is 25.3 Å². The average molecular weight is 340 g/mol. The number of esters is 1. The molecule has 0 spiro atoms. The highest BCUT2D eigenvalue weighted by molar-refractivity contribution is 5.86. The Morgan fingerprint density at radius 1 is 1.28 bits per heavy atom. The van der Waals surface area contributed by atoms with Gasteiger partial charge in [0.2, 0.25) is 5.91 Å². The second-order valence-electron chi connectivity index (χ2n) is 5.78. The Morgan fingerprint density at radius 3 is 2.88 bits per heavy atom. The third-order valence-corrected chi connectivity index (χ3v) is 4.10. The van der Waals surface area contributed by atoms with E-state index in [2.05, 4.69) is 20.3 Å². The SMILES string of the molecule is COC(=O)[C@H](Cc1cnc[nH]1)NC(=O)CCc1c[nH]c2ccccc12. The number of aryl methyl sites for hydroxylation is 1. The summed E-state index contributed by atoms with van der Waals surface area (Å²) in [6.07, 6.45) is 6.26. The molecular formula is C18H20N4O3. The number of fused-ring (bicyclic) bond motifs is 1. The fourth-order valence-corrected chi connectivity index (χ4v) is 2.80. The van der Waals surface area contributed by atoms with E-state index >= 15 is 0 Å². The maximum absolute atomic E-state index is 12.3. The second kappa shape index (κ2) is 7.65. The number of nitrogens with zero attached hydrogens (tertiary/aromatic N) is 1. The number of carbonyl (C=O) groups excluding carboxylic acids is 2. The number of H-pyrrole nitrogens is 2. The lowest BCUT2D eigenvalue weighted by atomic mass is 10.1. The number of carbonyl (C=O) groups is 2. The van der Waals surface area contributed by atoms with Crippen molar-refractivity contribution in [2.24, 2.45) is 0 Å². The van der Waals surface area contributed by atoms with Gasteiger partial charge >= 0.3 is 5.97 Å². The molecule has 0 bridgehead atoms. The van der Waals surface area contributed by atoms with E-state index in [1.165, 1.54) is 13.4 Å². The van der Waals surface area contributed by atoms with Crippen LogP contribution in [0.25, 0.3) is 10.9 Å². The topological polar surface area (TPSA) is 99.9 Å². The van der Waals surface area contributed by atoms with E-state index in [0.717, 1.165) is 22.2 Å². The minimum absolute atomic E-state index is 0.194. The summed E-state index contributed by atoms with van der Waals surface area (Å²) in [4.78, 5) is 34.2. The summed E-state index contributed by atoms with van der Waals surface area (Å²) >= 11 is 0. The number of hydrogen-bond donors (Lipinski definition) is 3. The molecule has 2 aromatic heterocycles. The fraction of sp³-hybridized carbons (Fsp3) is 0.278. The molecule has 0 aliphatic heterocycles. The first-order chi connectivity index (χ1) is 12.2. The van der Waals surface area contributed by atoms with Crippen molar-refractivity contribution >= 4 is 22.8 Å². The third kappa shape index (κ3) is 4.06. The number of methoxy groups -OCH3 is 1. The van der Waals surface area contributed by atoms with Crippen molar-refractivity contribution in [1.82, 2.24) is 20.3 Å². The summed E-state index contributed by atoms with van der Waals surface area (Å²) in [6, 6.07) is 7.22. The molecule has 0 saturated carbocycles. The standard InChI is InChI=1S/C18H20N4O3/c1-25-18(24)16(8-13-10-19-11-21-13)22-17(23)7-6-12-9-20-15-5-3-2-4-14(12)15/h2-5,9-11,16,20H,6-8H2,1H3,(H,19,21)(H,22,23)/t16-/m0/s1. The molecule has 0 aliphatic rings. The summed E-state index contributed by atoms with van der Waals surface area (Å²) in [7, 11) is 1.31. The number of hydrogen-bond acceptors (Lipinski definition) is 4. The molecule has 0 saturated heterocycles. The maximum Gasteiger partial charge on any atom is 0.328 e. The van der Waals surface area contributed by atoms with Crippen molar-refractivity contribution in [1.29, 1.82) is 0 Å². The van der Waals surface area contributed by atoms with Crippen LogP contribution < -0.4 is 5.32 Å². The Balaban J connectivity index is 1.60. The van der Waals surface area contributed by atoms with Crippen molar-refractivity contribution in [3.05, 3.63) is 54.2 Å². The fourth-order valence-electron chi connectivity index (χ4n) is 2.80. The Kier molecular flexibility index (Phi) is 5.13. The normalized spacial score (nSPS) is 12.0. The zero-order chi connectivity index (χ0) is 17.6. The van der Waals surface area contributed by atoms with Crippen LogP contribution in [-0.2, 0) is 27.2 Å². The van der Waals surface area contributed by atoms with E-state index in [1.807, 2.05) is 30.5 Å². The van der Waals surface area contributed by atoms with Crippen molar-refractivity contribution in [3.8, 4) is 0 Å². The monoisotopic (exact) mass is 340 g/mol. The summed E-state index contributed by atoms with van der Waals surface area (Å²) in [5.74, 6) is -0.671. The summed E-state index contributed by atoms with van der Waals surface area (Å²) in [5.41, 5.74) is 2.88. The molecule has 7 heteroatoms. The molecule has 0 unspecified atom stereocenters. The Bertz CT molecular complexity index is 854. The van der Waals surface area contributed by atoms with Gasteiger partial charge in [-0.25, -0.2) is 9.78 Å². The molecule has 7 nitrogen and oxygen atoms in total. The Morgan fingerprint density at radius 2 is 2.12 bits per heavy atom. The smallest absolute Gasteiger partial charge is 0.328 e. The molecule has 3 aromatic rings. The van der Waals surface area contributed by atoms with Gasteiger partial charge in [-0.2, -0.15) is 0 Å². The largest absolute Gasteiger partial charge is 0.467 e. The number of rotatable bonds is 7. The van der Waals surface area contributed by atoms with Gasteiger partial charge in [-0.3, -0.25) is 4.79 Å². The minimum Gasteiger partial charge on any atom is -0.467 e. The molecule has 3 rings (SSSR count). The van der Waals surface area contributed by atoms with E-state index in [9.17, 15) is 9.59 Å². The highest BCUT2D eigenvalue weighted by Gasteiger charge is 2.22. The van der Waals surface area contributed by atoms with E-state index in [-0.39, 0.29) is 12.3 Å². The van der Waals surface area contributed by atoms with Gasteiger partial charge in [0.15, 0.2) is 0 Å². The second-order valence-corrected chi connectivity index (χ2v) is 5.78. The van der Waals surface area contributed by atoms with Gasteiger partial charge in [0.05, 0.1) is 13.4 Å². The average Bonchev–Trinajstić information content (AvgIpc) is 3.28. The zero-order valence-electron chi connectivity index (χ0n) is 13.9. The molecule has 0 fully saturated rings. The molecule has 3 N–H and O–H groups in total. The quantitative estimate of drug-likeness (QED) is 0.570.